The Morgan fingerprint density at radius 1 is 1.57 bits per heavy atom. The quantitative estimate of drug-likeness (QED) is 0.768. The molecule has 0 aliphatic rings. The van der Waals surface area contributed by atoms with Gasteiger partial charge in [-0.15, -0.1) is 11.6 Å². The summed E-state index contributed by atoms with van der Waals surface area (Å²) in [6.07, 6.45) is -2.69. The Morgan fingerprint density at radius 2 is 2.21 bits per heavy atom. The molecular weight excluding hydrogens is 214 g/mol. The summed E-state index contributed by atoms with van der Waals surface area (Å²) in [6, 6.07) is 1.15. The Morgan fingerprint density at radius 3 is 2.64 bits per heavy atom. The normalized spacial score (nSPS) is 10.9. The maximum absolute atomic E-state index is 12.5. The minimum absolute atomic E-state index is 0.00955. The van der Waals surface area contributed by atoms with Crippen molar-refractivity contribution in [1.82, 2.24) is 4.98 Å². The summed E-state index contributed by atoms with van der Waals surface area (Å²) >= 11 is 5.45. The summed E-state index contributed by atoms with van der Waals surface area (Å²) in [5, 5.41) is 8.83. The molecule has 1 aromatic heterocycles. The van der Waals surface area contributed by atoms with Gasteiger partial charge in [0.15, 0.2) is 0 Å². The largest absolute Gasteiger partial charge is 0.392 e. The first-order chi connectivity index (χ1) is 6.60. The number of nitrogens with two attached hydrogens (primary N) is 1. The molecule has 0 unspecified atom stereocenters. The monoisotopic (exact) mass is 222 g/mol. The second kappa shape index (κ2) is 4.52. The topological polar surface area (TPSA) is 59.1 Å². The number of aliphatic hydroxyl groups is 1. The molecule has 3 nitrogen and oxygen atoms in total. The molecule has 0 spiro atoms. The molecule has 6 heteroatoms. The molecule has 78 valence electrons. The van der Waals surface area contributed by atoms with Crippen LogP contribution >= 0.6 is 11.6 Å². The Kier molecular flexibility index (Phi) is 3.60. The van der Waals surface area contributed by atoms with E-state index in [0.717, 1.165) is 6.07 Å². The molecule has 0 atom stereocenters. The molecule has 1 heterocycles. The summed E-state index contributed by atoms with van der Waals surface area (Å²) in [7, 11) is 0. The molecule has 0 aromatic carbocycles. The Hall–Kier alpha value is -0.940. The Balaban J connectivity index is 3.28. The molecule has 0 saturated heterocycles. The van der Waals surface area contributed by atoms with Crippen molar-refractivity contribution in [3.63, 3.8) is 0 Å². The highest BCUT2D eigenvalue weighted by Crippen LogP contribution is 2.27. The molecule has 0 fully saturated rings. The van der Waals surface area contributed by atoms with Gasteiger partial charge in [0.1, 0.15) is 5.82 Å². The molecule has 0 radical (unpaired) electrons. The number of anilines is 1. The maximum atomic E-state index is 12.5. The predicted molar refractivity (Wildman–Crippen MR) is 49.1 cm³/mol. The van der Waals surface area contributed by atoms with E-state index in [1.54, 1.807) is 0 Å². The van der Waals surface area contributed by atoms with Gasteiger partial charge in [0, 0.05) is 11.1 Å². The van der Waals surface area contributed by atoms with Crippen molar-refractivity contribution >= 4 is 17.4 Å². The van der Waals surface area contributed by atoms with Crippen molar-refractivity contribution in [1.29, 1.82) is 0 Å². The Bertz CT molecular complexity index is 333. The zero-order valence-corrected chi connectivity index (χ0v) is 7.93. The molecule has 3 N–H and O–H groups in total. The lowest BCUT2D eigenvalue weighted by molar-refractivity contribution is 0.147. The summed E-state index contributed by atoms with van der Waals surface area (Å²) in [5.41, 5.74) is 5.31. The van der Waals surface area contributed by atoms with Gasteiger partial charge in [0.2, 0.25) is 0 Å². The number of hydrogen-bond donors (Lipinski definition) is 2. The molecule has 0 aliphatic heterocycles. The maximum Gasteiger partial charge on any atom is 0.264 e. The van der Waals surface area contributed by atoms with E-state index >= 15 is 0 Å². The summed E-state index contributed by atoms with van der Waals surface area (Å²) in [6.45, 7) is -0.554. The van der Waals surface area contributed by atoms with Crippen LogP contribution in [-0.2, 0) is 12.5 Å². The zero-order chi connectivity index (χ0) is 10.7. The van der Waals surface area contributed by atoms with E-state index in [4.69, 9.17) is 22.4 Å². The fourth-order valence-corrected chi connectivity index (χ4v) is 1.24. The lowest BCUT2D eigenvalue weighted by Gasteiger charge is -2.10. The number of nitrogens with zero attached hydrogens (tertiary/aromatic N) is 1. The van der Waals surface area contributed by atoms with Crippen LogP contribution < -0.4 is 5.73 Å². The minimum atomic E-state index is -2.69. The highest BCUT2D eigenvalue weighted by Gasteiger charge is 2.16. The van der Waals surface area contributed by atoms with Crippen molar-refractivity contribution in [2.45, 2.75) is 18.9 Å². The molecular formula is C8H9ClF2N2O. The van der Waals surface area contributed by atoms with Gasteiger partial charge in [0.25, 0.3) is 6.43 Å². The molecule has 14 heavy (non-hydrogen) atoms. The third-order valence-corrected chi connectivity index (χ3v) is 2.05. The van der Waals surface area contributed by atoms with Crippen LogP contribution in [0.2, 0.25) is 0 Å². The smallest absolute Gasteiger partial charge is 0.264 e. The second-order valence-electron chi connectivity index (χ2n) is 2.66. The number of nitrogen functional groups attached to an aromatic ring is 1. The highest BCUT2D eigenvalue weighted by atomic mass is 35.5. The third-order valence-electron chi connectivity index (χ3n) is 1.77. The molecule has 0 saturated carbocycles. The number of aliphatic hydroxyl groups excluding tert-OH is 1. The van der Waals surface area contributed by atoms with Crippen molar-refractivity contribution < 1.29 is 13.9 Å². The SMILES string of the molecule is Nc1nc(CCl)cc(C(F)F)c1CO. The van der Waals surface area contributed by atoms with E-state index in [2.05, 4.69) is 4.98 Å². The standard InChI is InChI=1S/C8H9ClF2N2O/c9-2-4-1-5(7(10)11)6(3-14)8(12)13-4/h1,7,14H,2-3H2,(H2,12,13). The van der Waals surface area contributed by atoms with Crippen LogP contribution in [0.25, 0.3) is 0 Å². The van der Waals surface area contributed by atoms with Gasteiger partial charge in [-0.25, -0.2) is 13.8 Å². The number of hydrogen-bond acceptors (Lipinski definition) is 3. The van der Waals surface area contributed by atoms with Gasteiger partial charge < -0.3 is 10.8 Å². The van der Waals surface area contributed by atoms with Crippen LogP contribution in [0.1, 0.15) is 23.2 Å². The molecule has 1 rings (SSSR count). The van der Waals surface area contributed by atoms with E-state index in [9.17, 15) is 8.78 Å². The molecule has 0 amide bonds. The van der Waals surface area contributed by atoms with Gasteiger partial charge in [-0.05, 0) is 6.07 Å². The van der Waals surface area contributed by atoms with E-state index in [1.165, 1.54) is 0 Å². The number of halogens is 3. The van der Waals surface area contributed by atoms with Gasteiger partial charge in [0.05, 0.1) is 18.2 Å². The highest BCUT2D eigenvalue weighted by molar-refractivity contribution is 6.16. The molecule has 0 bridgehead atoms. The second-order valence-corrected chi connectivity index (χ2v) is 2.93. The van der Waals surface area contributed by atoms with Crippen LogP contribution in [0.3, 0.4) is 0 Å². The minimum Gasteiger partial charge on any atom is -0.392 e. The number of alkyl halides is 3. The lowest BCUT2D eigenvalue weighted by Crippen LogP contribution is -2.05. The van der Waals surface area contributed by atoms with E-state index in [1.807, 2.05) is 0 Å². The van der Waals surface area contributed by atoms with E-state index < -0.39 is 13.0 Å². The number of aromatic nitrogens is 1. The van der Waals surface area contributed by atoms with Crippen LogP contribution in [0.15, 0.2) is 6.07 Å². The van der Waals surface area contributed by atoms with Crippen LogP contribution in [0.5, 0.6) is 0 Å². The van der Waals surface area contributed by atoms with Gasteiger partial charge in [-0.2, -0.15) is 0 Å². The van der Waals surface area contributed by atoms with Crippen molar-refractivity contribution in [3.05, 3.63) is 22.9 Å². The van der Waals surface area contributed by atoms with Gasteiger partial charge in [-0.3, -0.25) is 0 Å². The molecule has 1 aromatic rings. The first kappa shape index (κ1) is 11.1. The van der Waals surface area contributed by atoms with Gasteiger partial charge >= 0.3 is 0 Å². The fraction of sp³-hybridized carbons (Fsp3) is 0.375. The third kappa shape index (κ3) is 2.10. The summed E-state index contributed by atoms with van der Waals surface area (Å²) < 4.78 is 24.9. The van der Waals surface area contributed by atoms with Crippen LogP contribution in [-0.4, -0.2) is 10.1 Å². The first-order valence-corrected chi connectivity index (χ1v) is 4.36. The van der Waals surface area contributed by atoms with E-state index in [-0.39, 0.29) is 28.5 Å². The number of rotatable bonds is 3. The molecule has 0 aliphatic carbocycles. The van der Waals surface area contributed by atoms with Crippen molar-refractivity contribution in [2.75, 3.05) is 5.73 Å². The Labute approximate surface area is 84.5 Å². The van der Waals surface area contributed by atoms with E-state index in [0.29, 0.717) is 0 Å². The fourth-order valence-electron chi connectivity index (χ4n) is 1.10. The van der Waals surface area contributed by atoms with Crippen LogP contribution in [0, 0.1) is 0 Å². The summed E-state index contributed by atoms with van der Waals surface area (Å²) in [4.78, 5) is 3.76. The van der Waals surface area contributed by atoms with Gasteiger partial charge in [-0.1, -0.05) is 0 Å². The first-order valence-electron chi connectivity index (χ1n) is 3.83. The number of pyridine rings is 1. The lowest BCUT2D eigenvalue weighted by atomic mass is 10.1. The average Bonchev–Trinajstić information content (AvgIpc) is 2.16. The zero-order valence-electron chi connectivity index (χ0n) is 7.17. The average molecular weight is 223 g/mol. The summed E-state index contributed by atoms with van der Waals surface area (Å²) in [5.74, 6) is -0.0868. The van der Waals surface area contributed by atoms with Crippen molar-refractivity contribution in [2.24, 2.45) is 0 Å². The van der Waals surface area contributed by atoms with Crippen LogP contribution in [0.4, 0.5) is 14.6 Å². The predicted octanol–water partition coefficient (Wildman–Crippen LogP) is 1.83. The van der Waals surface area contributed by atoms with Crippen molar-refractivity contribution in [3.8, 4) is 0 Å².